The van der Waals surface area contributed by atoms with Crippen LogP contribution >= 0.6 is 11.3 Å². The van der Waals surface area contributed by atoms with Crippen molar-refractivity contribution in [1.29, 1.82) is 0 Å². The van der Waals surface area contributed by atoms with Crippen LogP contribution in [0.3, 0.4) is 0 Å². The number of hydrogen-bond acceptors (Lipinski definition) is 2. The third-order valence-corrected chi connectivity index (χ3v) is 3.18. The van der Waals surface area contributed by atoms with Gasteiger partial charge in [-0.1, -0.05) is 13.8 Å². The fourth-order valence-corrected chi connectivity index (χ4v) is 1.85. The highest BCUT2D eigenvalue weighted by atomic mass is 32.1. The zero-order chi connectivity index (χ0) is 8.43. The van der Waals surface area contributed by atoms with Crippen LogP contribution < -0.4 is 0 Å². The third kappa shape index (κ3) is 2.04. The number of hydrogen-bond donors (Lipinski definition) is 1. The molecule has 1 nitrogen and oxygen atoms in total. The van der Waals surface area contributed by atoms with Gasteiger partial charge in [0, 0.05) is 9.75 Å². The summed E-state index contributed by atoms with van der Waals surface area (Å²) in [6.45, 7) is 6.13. The second kappa shape index (κ2) is 3.37. The maximum atomic E-state index is 9.23. The van der Waals surface area contributed by atoms with Gasteiger partial charge in [0.2, 0.25) is 0 Å². The van der Waals surface area contributed by atoms with Crippen molar-refractivity contribution in [2.45, 2.75) is 32.8 Å². The summed E-state index contributed by atoms with van der Waals surface area (Å²) in [7, 11) is 0. The molecule has 1 aromatic rings. The van der Waals surface area contributed by atoms with E-state index in [2.05, 4.69) is 19.9 Å². The molecule has 0 aliphatic heterocycles. The van der Waals surface area contributed by atoms with E-state index in [0.717, 1.165) is 4.88 Å². The molecule has 1 atom stereocenters. The molecule has 0 bridgehead atoms. The van der Waals surface area contributed by atoms with E-state index >= 15 is 0 Å². The molecule has 1 N–H and O–H groups in total. The summed E-state index contributed by atoms with van der Waals surface area (Å²) in [5, 5.41) is 9.23. The maximum Gasteiger partial charge on any atom is 0.0854 e. The Kier molecular flexibility index (Phi) is 2.68. The molecule has 0 aromatic carbocycles. The molecule has 0 saturated carbocycles. The van der Waals surface area contributed by atoms with E-state index in [-0.39, 0.29) is 6.10 Å². The third-order valence-electron chi connectivity index (χ3n) is 1.63. The summed E-state index contributed by atoms with van der Waals surface area (Å²) >= 11 is 1.70. The minimum Gasteiger partial charge on any atom is -0.388 e. The first-order valence-corrected chi connectivity index (χ1v) is 4.70. The summed E-state index contributed by atoms with van der Waals surface area (Å²) in [6.07, 6.45) is -0.313. The monoisotopic (exact) mass is 170 g/mol. The average Bonchev–Trinajstić information content (AvgIpc) is 2.33. The zero-order valence-corrected chi connectivity index (χ0v) is 7.98. The van der Waals surface area contributed by atoms with E-state index in [1.54, 1.807) is 18.3 Å². The Hall–Kier alpha value is -0.340. The van der Waals surface area contributed by atoms with E-state index in [9.17, 15) is 5.11 Å². The van der Waals surface area contributed by atoms with Gasteiger partial charge < -0.3 is 5.11 Å². The van der Waals surface area contributed by atoms with Gasteiger partial charge >= 0.3 is 0 Å². The highest BCUT2D eigenvalue weighted by molar-refractivity contribution is 7.12. The van der Waals surface area contributed by atoms with Crippen LogP contribution in [0.25, 0.3) is 0 Å². The first-order chi connectivity index (χ1) is 5.11. The number of thiophene rings is 1. The fourth-order valence-electron chi connectivity index (χ4n) is 0.903. The Morgan fingerprint density at radius 3 is 2.00 bits per heavy atom. The van der Waals surface area contributed by atoms with Crippen LogP contribution in [0.15, 0.2) is 12.1 Å². The molecule has 62 valence electrons. The predicted octanol–water partition coefficient (Wildman–Crippen LogP) is 2.92. The Morgan fingerprint density at radius 2 is 1.73 bits per heavy atom. The SMILES string of the molecule is CC(C)c1ccc(C(C)O)s1. The van der Waals surface area contributed by atoms with Gasteiger partial charge in [0.05, 0.1) is 6.10 Å². The van der Waals surface area contributed by atoms with Gasteiger partial charge in [-0.15, -0.1) is 11.3 Å². The van der Waals surface area contributed by atoms with Gasteiger partial charge in [0.15, 0.2) is 0 Å². The lowest BCUT2D eigenvalue weighted by atomic mass is 10.2. The van der Waals surface area contributed by atoms with Crippen molar-refractivity contribution < 1.29 is 5.11 Å². The molecule has 11 heavy (non-hydrogen) atoms. The quantitative estimate of drug-likeness (QED) is 0.723. The Bertz CT molecular complexity index is 203. The van der Waals surface area contributed by atoms with E-state index in [4.69, 9.17) is 0 Å². The lowest BCUT2D eigenvalue weighted by Gasteiger charge is -1.99. The van der Waals surface area contributed by atoms with Crippen LogP contribution in [-0.2, 0) is 0 Å². The van der Waals surface area contributed by atoms with Crippen molar-refractivity contribution in [2.24, 2.45) is 0 Å². The van der Waals surface area contributed by atoms with E-state index < -0.39 is 0 Å². The highest BCUT2D eigenvalue weighted by Crippen LogP contribution is 2.27. The largest absolute Gasteiger partial charge is 0.388 e. The molecule has 0 fully saturated rings. The predicted molar refractivity (Wildman–Crippen MR) is 49.0 cm³/mol. The van der Waals surface area contributed by atoms with Crippen molar-refractivity contribution in [3.05, 3.63) is 21.9 Å². The summed E-state index contributed by atoms with van der Waals surface area (Å²) in [5.41, 5.74) is 0. The van der Waals surface area contributed by atoms with Gasteiger partial charge in [-0.05, 0) is 25.0 Å². The molecule has 0 spiro atoms. The first-order valence-electron chi connectivity index (χ1n) is 3.89. The number of aliphatic hydroxyl groups is 1. The van der Waals surface area contributed by atoms with Crippen LogP contribution in [0.1, 0.15) is 42.5 Å². The van der Waals surface area contributed by atoms with E-state index in [0.29, 0.717) is 5.92 Å². The second-order valence-electron chi connectivity index (χ2n) is 3.07. The van der Waals surface area contributed by atoms with Gasteiger partial charge in [-0.3, -0.25) is 0 Å². The van der Waals surface area contributed by atoms with E-state index in [1.165, 1.54) is 4.88 Å². The first kappa shape index (κ1) is 8.75. The second-order valence-corrected chi connectivity index (χ2v) is 4.22. The summed E-state index contributed by atoms with van der Waals surface area (Å²) in [6, 6.07) is 4.10. The minimum atomic E-state index is -0.313. The van der Waals surface area contributed by atoms with E-state index in [1.807, 2.05) is 6.07 Å². The average molecular weight is 170 g/mol. The Morgan fingerprint density at radius 1 is 1.18 bits per heavy atom. The van der Waals surface area contributed by atoms with Crippen molar-refractivity contribution >= 4 is 11.3 Å². The molecule has 1 unspecified atom stereocenters. The number of rotatable bonds is 2. The Labute approximate surface area is 71.7 Å². The maximum absolute atomic E-state index is 9.23. The van der Waals surface area contributed by atoms with Crippen LogP contribution in [0.2, 0.25) is 0 Å². The lowest BCUT2D eigenvalue weighted by molar-refractivity contribution is 0.203. The minimum absolute atomic E-state index is 0.313. The summed E-state index contributed by atoms with van der Waals surface area (Å²) in [5.74, 6) is 0.576. The van der Waals surface area contributed by atoms with Crippen LogP contribution in [-0.4, -0.2) is 5.11 Å². The van der Waals surface area contributed by atoms with Crippen molar-refractivity contribution in [3.8, 4) is 0 Å². The molecule has 0 aliphatic rings. The van der Waals surface area contributed by atoms with Crippen LogP contribution in [0.5, 0.6) is 0 Å². The molecule has 0 saturated heterocycles. The highest BCUT2D eigenvalue weighted by Gasteiger charge is 2.06. The fraction of sp³-hybridized carbons (Fsp3) is 0.556. The van der Waals surface area contributed by atoms with Crippen molar-refractivity contribution in [1.82, 2.24) is 0 Å². The lowest BCUT2D eigenvalue weighted by Crippen LogP contribution is -1.83. The van der Waals surface area contributed by atoms with Gasteiger partial charge in [0.1, 0.15) is 0 Å². The van der Waals surface area contributed by atoms with Crippen LogP contribution in [0.4, 0.5) is 0 Å². The topological polar surface area (TPSA) is 20.2 Å². The van der Waals surface area contributed by atoms with Crippen molar-refractivity contribution in [3.63, 3.8) is 0 Å². The van der Waals surface area contributed by atoms with Crippen LogP contribution in [0, 0.1) is 0 Å². The smallest absolute Gasteiger partial charge is 0.0854 e. The molecular formula is C9H14OS. The van der Waals surface area contributed by atoms with Gasteiger partial charge in [-0.25, -0.2) is 0 Å². The van der Waals surface area contributed by atoms with Crippen molar-refractivity contribution in [2.75, 3.05) is 0 Å². The molecule has 1 heterocycles. The Balaban J connectivity index is 2.82. The van der Waals surface area contributed by atoms with Gasteiger partial charge in [0.25, 0.3) is 0 Å². The molecule has 2 heteroatoms. The van der Waals surface area contributed by atoms with Gasteiger partial charge in [-0.2, -0.15) is 0 Å². The standard InChI is InChI=1S/C9H14OS/c1-6(2)8-4-5-9(11-8)7(3)10/h4-7,10H,1-3H3. The molecule has 0 amide bonds. The molecular weight excluding hydrogens is 156 g/mol. The normalized spacial score (nSPS) is 13.9. The summed E-state index contributed by atoms with van der Waals surface area (Å²) < 4.78 is 0. The zero-order valence-electron chi connectivity index (χ0n) is 7.16. The molecule has 0 radical (unpaired) electrons. The molecule has 1 rings (SSSR count). The summed E-state index contributed by atoms with van der Waals surface area (Å²) in [4.78, 5) is 2.41. The molecule has 0 aliphatic carbocycles. The number of aliphatic hydroxyl groups excluding tert-OH is 1. The molecule has 1 aromatic heterocycles.